The summed E-state index contributed by atoms with van der Waals surface area (Å²) >= 11 is 0. The van der Waals surface area contributed by atoms with Gasteiger partial charge in [-0.15, -0.1) is 0 Å². The molecule has 1 aliphatic heterocycles. The number of benzene rings is 1. The maximum atomic E-state index is 13.0. The summed E-state index contributed by atoms with van der Waals surface area (Å²) in [5.74, 6) is 0.501. The molecule has 0 N–H and O–H groups in total. The third-order valence-electron chi connectivity index (χ3n) is 4.47. The molecule has 0 spiro atoms. The first-order valence-electron chi connectivity index (χ1n) is 8.11. The van der Waals surface area contributed by atoms with Crippen molar-refractivity contribution < 1.29 is 14.1 Å². The van der Waals surface area contributed by atoms with Crippen molar-refractivity contribution in [3.05, 3.63) is 60.2 Å². The van der Waals surface area contributed by atoms with Crippen LogP contribution in [0.25, 0.3) is 11.4 Å². The molecule has 3 heterocycles. The van der Waals surface area contributed by atoms with Crippen LogP contribution in [0.4, 0.5) is 0 Å². The minimum absolute atomic E-state index is 0.00541. The van der Waals surface area contributed by atoms with E-state index in [4.69, 9.17) is 9.26 Å². The van der Waals surface area contributed by atoms with Crippen LogP contribution in [0.5, 0.6) is 0 Å². The highest BCUT2D eigenvalue weighted by Gasteiger charge is 2.30. The molecule has 7 heteroatoms. The Labute approximate surface area is 144 Å². The number of aryl methyl sites for hydroxylation is 1. The van der Waals surface area contributed by atoms with Crippen molar-refractivity contribution in [1.82, 2.24) is 19.6 Å². The number of nitrogens with zero attached hydrogens (tertiary/aromatic N) is 4. The highest BCUT2D eigenvalue weighted by atomic mass is 16.5. The van der Waals surface area contributed by atoms with Gasteiger partial charge in [-0.2, -0.15) is 4.98 Å². The van der Waals surface area contributed by atoms with E-state index in [0.717, 1.165) is 11.3 Å². The molecular formula is C18H18N4O3. The van der Waals surface area contributed by atoms with Crippen molar-refractivity contribution in [1.29, 1.82) is 0 Å². The zero-order valence-electron chi connectivity index (χ0n) is 13.8. The van der Waals surface area contributed by atoms with E-state index in [1.807, 2.05) is 47.0 Å². The first kappa shape index (κ1) is 15.6. The topological polar surface area (TPSA) is 73.4 Å². The lowest BCUT2D eigenvalue weighted by atomic mass is 10.1. The van der Waals surface area contributed by atoms with Gasteiger partial charge >= 0.3 is 0 Å². The Morgan fingerprint density at radius 1 is 1.24 bits per heavy atom. The van der Waals surface area contributed by atoms with Gasteiger partial charge in [0.1, 0.15) is 0 Å². The van der Waals surface area contributed by atoms with E-state index < -0.39 is 0 Å². The SMILES string of the molecule is Cn1cccc1[C@H]1COCCN1C(=O)c1ccc(-c2ncon2)cc1. The molecule has 0 radical (unpaired) electrons. The zero-order chi connectivity index (χ0) is 17.2. The summed E-state index contributed by atoms with van der Waals surface area (Å²) in [5, 5.41) is 3.81. The molecule has 0 unspecified atom stereocenters. The number of morpholine rings is 1. The lowest BCUT2D eigenvalue weighted by Gasteiger charge is -2.36. The van der Waals surface area contributed by atoms with E-state index >= 15 is 0 Å². The molecule has 1 atom stereocenters. The molecule has 2 aromatic heterocycles. The first-order valence-corrected chi connectivity index (χ1v) is 8.11. The number of ether oxygens (including phenoxy) is 1. The van der Waals surface area contributed by atoms with Crippen molar-refractivity contribution in [2.75, 3.05) is 19.8 Å². The highest BCUT2D eigenvalue weighted by Crippen LogP contribution is 2.26. The van der Waals surface area contributed by atoms with Crippen LogP contribution in [0.2, 0.25) is 0 Å². The summed E-state index contributed by atoms with van der Waals surface area (Å²) in [6.07, 6.45) is 3.26. The van der Waals surface area contributed by atoms with E-state index in [1.165, 1.54) is 6.39 Å². The van der Waals surface area contributed by atoms with Crippen molar-refractivity contribution in [2.45, 2.75) is 6.04 Å². The van der Waals surface area contributed by atoms with Gasteiger partial charge in [0.15, 0.2) is 0 Å². The van der Waals surface area contributed by atoms with Crippen molar-refractivity contribution in [3.63, 3.8) is 0 Å². The number of hydrogen-bond acceptors (Lipinski definition) is 5. The minimum Gasteiger partial charge on any atom is -0.377 e. The maximum absolute atomic E-state index is 13.0. The summed E-state index contributed by atoms with van der Waals surface area (Å²) in [4.78, 5) is 18.9. The van der Waals surface area contributed by atoms with E-state index in [0.29, 0.717) is 31.1 Å². The Bertz CT molecular complexity index is 855. The molecule has 0 bridgehead atoms. The lowest BCUT2D eigenvalue weighted by molar-refractivity contribution is -0.00463. The van der Waals surface area contributed by atoms with Crippen LogP contribution < -0.4 is 0 Å². The van der Waals surface area contributed by atoms with Gasteiger partial charge in [0.25, 0.3) is 5.91 Å². The maximum Gasteiger partial charge on any atom is 0.254 e. The Kier molecular flexibility index (Phi) is 4.07. The number of rotatable bonds is 3. The second-order valence-electron chi connectivity index (χ2n) is 5.97. The third kappa shape index (κ3) is 2.94. The minimum atomic E-state index is -0.0851. The van der Waals surface area contributed by atoms with Gasteiger partial charge in [0, 0.05) is 36.6 Å². The van der Waals surface area contributed by atoms with E-state index in [-0.39, 0.29) is 11.9 Å². The molecule has 128 valence electrons. The fraction of sp³-hybridized carbons (Fsp3) is 0.278. The van der Waals surface area contributed by atoms with Crippen LogP contribution in [0.15, 0.2) is 53.5 Å². The van der Waals surface area contributed by atoms with Gasteiger partial charge < -0.3 is 18.7 Å². The fourth-order valence-electron chi connectivity index (χ4n) is 3.14. The number of amides is 1. The molecule has 1 amide bonds. The van der Waals surface area contributed by atoms with E-state index in [1.54, 1.807) is 12.1 Å². The highest BCUT2D eigenvalue weighted by molar-refractivity contribution is 5.95. The molecule has 25 heavy (non-hydrogen) atoms. The molecule has 0 saturated carbocycles. The molecule has 0 aliphatic carbocycles. The van der Waals surface area contributed by atoms with Gasteiger partial charge in [-0.3, -0.25) is 4.79 Å². The molecule has 1 aliphatic rings. The Morgan fingerprint density at radius 2 is 2.08 bits per heavy atom. The van der Waals surface area contributed by atoms with Crippen LogP contribution >= 0.6 is 0 Å². The molecule has 1 aromatic carbocycles. The molecule has 3 aromatic rings. The quantitative estimate of drug-likeness (QED) is 0.732. The van der Waals surface area contributed by atoms with Crippen LogP contribution in [-0.4, -0.2) is 45.3 Å². The normalized spacial score (nSPS) is 17.6. The molecule has 4 rings (SSSR count). The molecule has 1 fully saturated rings. The van der Waals surface area contributed by atoms with Crippen LogP contribution in [0.3, 0.4) is 0 Å². The summed E-state index contributed by atoms with van der Waals surface area (Å²) in [6, 6.07) is 11.2. The third-order valence-corrected chi connectivity index (χ3v) is 4.47. The Morgan fingerprint density at radius 3 is 2.76 bits per heavy atom. The zero-order valence-corrected chi connectivity index (χ0v) is 13.8. The van der Waals surface area contributed by atoms with Gasteiger partial charge in [0.05, 0.1) is 19.3 Å². The average molecular weight is 338 g/mol. The van der Waals surface area contributed by atoms with Crippen LogP contribution in [0, 0.1) is 0 Å². The van der Waals surface area contributed by atoms with Gasteiger partial charge in [0.2, 0.25) is 12.2 Å². The van der Waals surface area contributed by atoms with Gasteiger partial charge in [-0.25, -0.2) is 0 Å². The first-order chi connectivity index (χ1) is 12.2. The fourth-order valence-corrected chi connectivity index (χ4v) is 3.14. The number of hydrogen-bond donors (Lipinski definition) is 0. The smallest absolute Gasteiger partial charge is 0.254 e. The summed E-state index contributed by atoms with van der Waals surface area (Å²) in [5.41, 5.74) is 2.51. The number of carbonyl (C=O) groups is 1. The van der Waals surface area contributed by atoms with Crippen LogP contribution in [-0.2, 0) is 11.8 Å². The van der Waals surface area contributed by atoms with Crippen LogP contribution in [0.1, 0.15) is 22.1 Å². The summed E-state index contributed by atoms with van der Waals surface area (Å²) < 4.78 is 12.4. The molecule has 7 nitrogen and oxygen atoms in total. The van der Waals surface area contributed by atoms with Gasteiger partial charge in [-0.1, -0.05) is 17.3 Å². The largest absolute Gasteiger partial charge is 0.377 e. The molecular weight excluding hydrogens is 320 g/mol. The Balaban J connectivity index is 1.59. The number of aromatic nitrogens is 3. The monoisotopic (exact) mass is 338 g/mol. The van der Waals surface area contributed by atoms with Crippen molar-refractivity contribution in [3.8, 4) is 11.4 Å². The van der Waals surface area contributed by atoms with Crippen molar-refractivity contribution in [2.24, 2.45) is 7.05 Å². The lowest BCUT2D eigenvalue weighted by Crippen LogP contribution is -2.44. The standard InChI is InChI=1S/C18H18N4O3/c1-21-8-2-3-15(21)16-11-24-10-9-22(16)18(23)14-6-4-13(5-7-14)17-19-12-25-20-17/h2-8,12,16H,9-11H2,1H3/t16-/m1/s1. The molecule has 1 saturated heterocycles. The predicted octanol–water partition coefficient (Wildman–Crippen LogP) is 2.29. The average Bonchev–Trinajstić information content (AvgIpc) is 3.33. The summed E-state index contributed by atoms with van der Waals surface area (Å²) in [6.45, 7) is 1.62. The summed E-state index contributed by atoms with van der Waals surface area (Å²) in [7, 11) is 1.98. The van der Waals surface area contributed by atoms with Gasteiger partial charge in [-0.05, 0) is 24.3 Å². The second-order valence-corrected chi connectivity index (χ2v) is 5.97. The second kappa shape index (κ2) is 6.52. The number of carbonyl (C=O) groups excluding carboxylic acids is 1. The van der Waals surface area contributed by atoms with Crippen molar-refractivity contribution >= 4 is 5.91 Å². The van der Waals surface area contributed by atoms with E-state index in [2.05, 4.69) is 10.1 Å². The predicted molar refractivity (Wildman–Crippen MR) is 89.7 cm³/mol. The Hall–Kier alpha value is -2.93. The van der Waals surface area contributed by atoms with E-state index in [9.17, 15) is 4.79 Å².